The number of rotatable bonds is 6. The lowest BCUT2D eigenvalue weighted by Crippen LogP contribution is -2.33. The third-order valence-electron chi connectivity index (χ3n) is 8.06. The molecular weight excluding hydrogens is 468 g/mol. The summed E-state index contributed by atoms with van der Waals surface area (Å²) in [7, 11) is 1.30. The molecule has 1 saturated carbocycles. The standard InChI is InChI=1S/C30H24N2O5/c1-37-29(36)20-10-8-18(9-11-20)25-24(26(33)19-12-15-31-16-13-19)27(34)28(35)32(25)17-23-22-7-4-6-21-5-2-3-14-30(21,22)23/h2-16,22-25H,17H2,1H3. The zero-order valence-electron chi connectivity index (χ0n) is 20.1. The van der Waals surface area contributed by atoms with Crippen molar-refractivity contribution in [2.24, 2.45) is 23.2 Å². The number of aromatic nitrogens is 1. The van der Waals surface area contributed by atoms with Crippen LogP contribution in [0.1, 0.15) is 32.3 Å². The van der Waals surface area contributed by atoms with Gasteiger partial charge in [0.15, 0.2) is 5.78 Å². The quantitative estimate of drug-likeness (QED) is 0.264. The molecule has 5 unspecified atom stereocenters. The van der Waals surface area contributed by atoms with Crippen LogP contribution in [0.5, 0.6) is 0 Å². The molecule has 1 amide bonds. The number of esters is 1. The van der Waals surface area contributed by atoms with Crippen LogP contribution in [-0.4, -0.2) is 47.0 Å². The van der Waals surface area contributed by atoms with Crippen LogP contribution in [0.2, 0.25) is 0 Å². The van der Waals surface area contributed by atoms with Crippen LogP contribution in [-0.2, 0) is 14.3 Å². The van der Waals surface area contributed by atoms with Gasteiger partial charge in [0.05, 0.1) is 18.7 Å². The van der Waals surface area contributed by atoms with Gasteiger partial charge in [-0.25, -0.2) is 4.79 Å². The molecule has 3 aliphatic carbocycles. The van der Waals surface area contributed by atoms with E-state index in [1.807, 2.05) is 18.2 Å². The number of allylic oxidation sites excluding steroid dienone is 8. The van der Waals surface area contributed by atoms with Gasteiger partial charge < -0.3 is 9.64 Å². The fraction of sp³-hybridized carbons (Fsp3) is 0.233. The molecule has 1 saturated heterocycles. The Balaban J connectivity index is 1.39. The number of pyridine rings is 1. The summed E-state index contributed by atoms with van der Waals surface area (Å²) in [6.07, 6.45) is 17.6. The van der Waals surface area contributed by atoms with E-state index in [1.165, 1.54) is 25.1 Å². The van der Waals surface area contributed by atoms with Crippen LogP contribution in [0.25, 0.3) is 0 Å². The van der Waals surface area contributed by atoms with E-state index < -0.39 is 35.4 Å². The predicted octanol–water partition coefficient (Wildman–Crippen LogP) is 3.67. The number of carbonyl (C=O) groups is 4. The van der Waals surface area contributed by atoms with Crippen molar-refractivity contribution in [1.82, 2.24) is 9.88 Å². The lowest BCUT2D eigenvalue weighted by molar-refractivity contribution is -0.141. The van der Waals surface area contributed by atoms with Crippen LogP contribution in [0, 0.1) is 23.2 Å². The summed E-state index contributed by atoms with van der Waals surface area (Å²) in [5.41, 5.74) is 2.28. The lowest BCUT2D eigenvalue weighted by atomic mass is 9.84. The lowest BCUT2D eigenvalue weighted by Gasteiger charge is -2.28. The Kier molecular flexibility index (Phi) is 5.37. The van der Waals surface area contributed by atoms with Crippen molar-refractivity contribution in [3.05, 3.63) is 114 Å². The van der Waals surface area contributed by atoms with E-state index in [2.05, 4.69) is 29.3 Å². The molecule has 2 aromatic rings. The summed E-state index contributed by atoms with van der Waals surface area (Å²) in [5.74, 6) is -3.16. The van der Waals surface area contributed by atoms with Crippen LogP contribution in [0.15, 0.2) is 96.9 Å². The number of methoxy groups -OCH3 is 1. The minimum Gasteiger partial charge on any atom is -0.465 e. The number of amides is 1. The van der Waals surface area contributed by atoms with Crippen molar-refractivity contribution in [2.45, 2.75) is 6.04 Å². The highest BCUT2D eigenvalue weighted by molar-refractivity contribution is 6.44. The second-order valence-corrected chi connectivity index (χ2v) is 9.75. The zero-order chi connectivity index (χ0) is 25.7. The highest BCUT2D eigenvalue weighted by Crippen LogP contribution is 2.68. The van der Waals surface area contributed by atoms with Crippen LogP contribution in [0.3, 0.4) is 0 Å². The second-order valence-electron chi connectivity index (χ2n) is 9.75. The highest BCUT2D eigenvalue weighted by atomic mass is 16.5. The van der Waals surface area contributed by atoms with E-state index in [4.69, 9.17) is 4.74 Å². The number of nitrogens with zero attached hydrogens (tertiary/aromatic N) is 2. The first-order chi connectivity index (χ1) is 18.0. The minimum absolute atomic E-state index is 0.0852. The van der Waals surface area contributed by atoms with Gasteiger partial charge in [0, 0.05) is 29.9 Å². The molecular formula is C30H24N2O5. The Morgan fingerprint density at radius 1 is 1.00 bits per heavy atom. The Bertz CT molecular complexity index is 1440. The topological polar surface area (TPSA) is 93.6 Å². The molecule has 0 N–H and O–H groups in total. The fourth-order valence-corrected chi connectivity index (χ4v) is 6.20. The second kappa shape index (κ2) is 8.62. The number of hydrogen-bond donors (Lipinski definition) is 0. The minimum atomic E-state index is -1.19. The van der Waals surface area contributed by atoms with Crippen molar-refractivity contribution in [3.63, 3.8) is 0 Å². The average Bonchev–Trinajstić information content (AvgIpc) is 3.50. The van der Waals surface area contributed by atoms with E-state index in [-0.39, 0.29) is 17.3 Å². The first-order valence-electron chi connectivity index (χ1n) is 12.2. The van der Waals surface area contributed by atoms with Gasteiger partial charge >= 0.3 is 5.97 Å². The highest BCUT2D eigenvalue weighted by Gasteiger charge is 2.66. The number of hydrogen-bond acceptors (Lipinski definition) is 6. The molecule has 1 spiro atoms. The number of benzene rings is 1. The zero-order valence-corrected chi connectivity index (χ0v) is 20.1. The normalized spacial score (nSPS) is 29.0. The van der Waals surface area contributed by atoms with Crippen LogP contribution < -0.4 is 0 Å². The first-order valence-corrected chi connectivity index (χ1v) is 12.2. The molecule has 7 heteroatoms. The van der Waals surface area contributed by atoms with Crippen molar-refractivity contribution >= 4 is 23.4 Å². The van der Waals surface area contributed by atoms with Gasteiger partial charge in [-0.15, -0.1) is 0 Å². The monoisotopic (exact) mass is 492 g/mol. The Hall–Kier alpha value is -4.39. The van der Waals surface area contributed by atoms with Gasteiger partial charge in [-0.05, 0) is 47.2 Å². The van der Waals surface area contributed by atoms with Gasteiger partial charge in [-0.2, -0.15) is 0 Å². The van der Waals surface area contributed by atoms with E-state index in [0.29, 0.717) is 23.2 Å². The van der Waals surface area contributed by atoms with Crippen molar-refractivity contribution < 1.29 is 23.9 Å². The summed E-state index contributed by atoms with van der Waals surface area (Å²) in [5, 5.41) is 0. The summed E-state index contributed by atoms with van der Waals surface area (Å²) >= 11 is 0. The van der Waals surface area contributed by atoms with Crippen molar-refractivity contribution in [1.29, 1.82) is 0 Å². The summed E-state index contributed by atoms with van der Waals surface area (Å²) in [4.78, 5) is 57.9. The maximum Gasteiger partial charge on any atom is 0.337 e. The SMILES string of the molecule is COC(=O)c1ccc(C2C(C(=O)c3ccncc3)C(=O)C(=O)N2CC2C3C=CC=C4C=CC=CC432)cc1. The molecule has 2 heterocycles. The van der Waals surface area contributed by atoms with Gasteiger partial charge in [0.2, 0.25) is 5.78 Å². The molecule has 5 atom stereocenters. The van der Waals surface area contributed by atoms with E-state index in [0.717, 1.165) is 0 Å². The number of ketones is 2. The Morgan fingerprint density at radius 3 is 2.49 bits per heavy atom. The van der Waals surface area contributed by atoms with E-state index in [9.17, 15) is 19.2 Å². The summed E-state index contributed by atoms with van der Waals surface area (Å²) < 4.78 is 4.80. The van der Waals surface area contributed by atoms with Gasteiger partial charge in [0.1, 0.15) is 5.92 Å². The molecule has 4 aliphatic rings. The molecule has 184 valence electrons. The molecule has 0 bridgehead atoms. The Morgan fingerprint density at radius 2 is 1.76 bits per heavy atom. The summed E-state index contributed by atoms with van der Waals surface area (Å²) in [6.45, 7) is 0.332. The summed E-state index contributed by atoms with van der Waals surface area (Å²) in [6, 6.07) is 8.88. The number of ether oxygens (including phenoxy) is 1. The number of Topliss-reactive ketones (excluding diaryl/α,β-unsaturated/α-hetero) is 2. The molecule has 37 heavy (non-hydrogen) atoms. The van der Waals surface area contributed by atoms with Gasteiger partial charge in [-0.3, -0.25) is 19.4 Å². The molecule has 1 aliphatic heterocycles. The molecule has 2 fully saturated rings. The third kappa shape index (κ3) is 3.45. The third-order valence-corrected chi connectivity index (χ3v) is 8.06. The fourth-order valence-electron chi connectivity index (χ4n) is 6.20. The first kappa shape index (κ1) is 23.0. The molecule has 1 aromatic carbocycles. The number of carbonyl (C=O) groups excluding carboxylic acids is 4. The maximum atomic E-state index is 13.6. The molecule has 1 aromatic heterocycles. The van der Waals surface area contributed by atoms with Crippen molar-refractivity contribution in [2.75, 3.05) is 13.7 Å². The van der Waals surface area contributed by atoms with E-state index >= 15 is 0 Å². The van der Waals surface area contributed by atoms with Crippen LogP contribution in [0.4, 0.5) is 0 Å². The van der Waals surface area contributed by atoms with Crippen molar-refractivity contribution in [3.8, 4) is 0 Å². The molecule has 6 rings (SSSR count). The average molecular weight is 493 g/mol. The maximum absolute atomic E-state index is 13.6. The Labute approximate surface area is 213 Å². The predicted molar refractivity (Wildman–Crippen MR) is 134 cm³/mol. The van der Waals surface area contributed by atoms with Gasteiger partial charge in [-0.1, -0.05) is 54.7 Å². The molecule has 7 nitrogen and oxygen atoms in total. The number of likely N-dealkylation sites (tertiary alicyclic amines) is 1. The smallest absolute Gasteiger partial charge is 0.337 e. The largest absolute Gasteiger partial charge is 0.465 e. The van der Waals surface area contributed by atoms with Crippen LogP contribution >= 0.6 is 0 Å². The molecule has 0 radical (unpaired) electrons. The van der Waals surface area contributed by atoms with Gasteiger partial charge in [0.25, 0.3) is 5.91 Å². The van der Waals surface area contributed by atoms with E-state index in [1.54, 1.807) is 41.3 Å².